The predicted molar refractivity (Wildman–Crippen MR) is 153 cm³/mol. The second-order valence-corrected chi connectivity index (χ2v) is 10.3. The molecule has 0 saturated heterocycles. The molecule has 0 atom stereocenters. The van der Waals surface area contributed by atoms with Crippen molar-refractivity contribution >= 4 is 5.91 Å². The highest BCUT2D eigenvalue weighted by Gasteiger charge is 2.29. The lowest BCUT2D eigenvalue weighted by molar-refractivity contribution is 0.0720. The van der Waals surface area contributed by atoms with Crippen molar-refractivity contribution in [3.05, 3.63) is 143 Å². The molecule has 1 amide bonds. The van der Waals surface area contributed by atoms with Crippen molar-refractivity contribution in [3.8, 4) is 17.1 Å². The van der Waals surface area contributed by atoms with Crippen LogP contribution in [0, 0.1) is 11.6 Å². The van der Waals surface area contributed by atoms with E-state index in [0.717, 1.165) is 53.7 Å². The summed E-state index contributed by atoms with van der Waals surface area (Å²) in [5.41, 5.74) is 4.91. The Labute approximate surface area is 237 Å². The van der Waals surface area contributed by atoms with Crippen LogP contribution < -0.4 is 4.74 Å². The Morgan fingerprint density at radius 3 is 2.27 bits per heavy atom. The van der Waals surface area contributed by atoms with Crippen LogP contribution in [-0.4, -0.2) is 27.5 Å². The van der Waals surface area contributed by atoms with Gasteiger partial charge < -0.3 is 14.2 Å². The number of imidazole rings is 1. The molecule has 1 heterocycles. The monoisotopic (exact) mass is 549 g/mol. The molecule has 0 spiro atoms. The fourth-order valence-electron chi connectivity index (χ4n) is 5.62. The fourth-order valence-corrected chi connectivity index (χ4v) is 5.62. The van der Waals surface area contributed by atoms with Gasteiger partial charge >= 0.3 is 0 Å². The zero-order valence-electron chi connectivity index (χ0n) is 22.6. The van der Waals surface area contributed by atoms with Gasteiger partial charge in [0.2, 0.25) is 0 Å². The minimum Gasteiger partial charge on any atom is -0.497 e. The van der Waals surface area contributed by atoms with E-state index in [1.165, 1.54) is 11.1 Å². The number of methoxy groups -OCH3 is 1. The lowest BCUT2D eigenvalue weighted by Crippen LogP contribution is -2.32. The zero-order valence-corrected chi connectivity index (χ0v) is 22.6. The normalized spacial score (nSPS) is 12.8. The van der Waals surface area contributed by atoms with Gasteiger partial charge in [-0.15, -0.1) is 0 Å². The second-order valence-electron chi connectivity index (χ2n) is 10.3. The highest BCUT2D eigenvalue weighted by molar-refractivity contribution is 5.94. The molecule has 0 N–H and O–H groups in total. The maximum atomic E-state index is 14.8. The molecule has 5 nitrogen and oxygen atoms in total. The Bertz CT molecular complexity index is 1660. The molecule has 0 fully saturated rings. The van der Waals surface area contributed by atoms with E-state index >= 15 is 0 Å². The predicted octanol–water partition coefficient (Wildman–Crippen LogP) is 7.02. The van der Waals surface area contributed by atoms with Gasteiger partial charge in [0.1, 0.15) is 23.2 Å². The Balaban J connectivity index is 1.40. The molecule has 1 aromatic heterocycles. The van der Waals surface area contributed by atoms with Crippen molar-refractivity contribution in [2.75, 3.05) is 7.11 Å². The maximum Gasteiger partial charge on any atom is 0.257 e. The number of hydrogen-bond donors (Lipinski definition) is 0. The summed E-state index contributed by atoms with van der Waals surface area (Å²) in [6.07, 6.45) is 3.47. The number of rotatable bonds is 8. The zero-order chi connectivity index (χ0) is 28.3. The number of nitrogens with zero attached hydrogens (tertiary/aromatic N) is 3. The molecule has 0 unspecified atom stereocenters. The summed E-state index contributed by atoms with van der Waals surface area (Å²) >= 11 is 0. The van der Waals surface area contributed by atoms with Gasteiger partial charge in [0.15, 0.2) is 0 Å². The minimum atomic E-state index is -0.763. The number of carbonyl (C=O) groups excluding carboxylic acids is 1. The lowest BCUT2D eigenvalue weighted by atomic mass is 10.1. The molecule has 41 heavy (non-hydrogen) atoms. The van der Waals surface area contributed by atoms with E-state index in [1.807, 2.05) is 54.6 Å². The quantitative estimate of drug-likeness (QED) is 0.209. The summed E-state index contributed by atoms with van der Waals surface area (Å²) < 4.78 is 36.4. The molecule has 4 aromatic carbocycles. The van der Waals surface area contributed by atoms with Gasteiger partial charge in [-0.3, -0.25) is 4.79 Å². The Morgan fingerprint density at radius 1 is 0.902 bits per heavy atom. The van der Waals surface area contributed by atoms with Crippen molar-refractivity contribution in [2.45, 2.75) is 32.0 Å². The standard InChI is InChI=1S/C34H29F2N3O2/c1-41-30-14-11-23(12-15-30)21-38(34(40)31-19-27(35)13-16-32(31)36)22-29-20-37-33(24-7-3-2-4-8-24)39(29)28-17-25-9-5-6-10-26(25)18-28/h2-16,19-20,28H,17-18,21-22H2,1H3. The van der Waals surface area contributed by atoms with Crippen LogP contribution >= 0.6 is 0 Å². The minimum absolute atomic E-state index is 0.101. The highest BCUT2D eigenvalue weighted by atomic mass is 19.1. The fraction of sp³-hybridized carbons (Fsp3) is 0.176. The van der Waals surface area contributed by atoms with E-state index in [2.05, 4.69) is 28.8 Å². The Morgan fingerprint density at radius 2 is 1.59 bits per heavy atom. The highest BCUT2D eigenvalue weighted by Crippen LogP contribution is 2.35. The van der Waals surface area contributed by atoms with Gasteiger partial charge in [-0.1, -0.05) is 66.7 Å². The van der Waals surface area contributed by atoms with Gasteiger partial charge in [-0.2, -0.15) is 0 Å². The molecule has 0 aliphatic heterocycles. The molecule has 5 aromatic rings. The van der Waals surface area contributed by atoms with E-state index in [9.17, 15) is 13.6 Å². The van der Waals surface area contributed by atoms with Gasteiger partial charge in [0.05, 0.1) is 31.1 Å². The van der Waals surface area contributed by atoms with Crippen LogP contribution in [0.4, 0.5) is 8.78 Å². The van der Waals surface area contributed by atoms with Crippen LogP contribution in [0.25, 0.3) is 11.4 Å². The average Bonchev–Trinajstić information content (AvgIpc) is 3.62. The van der Waals surface area contributed by atoms with Crippen LogP contribution in [-0.2, 0) is 25.9 Å². The first-order valence-corrected chi connectivity index (χ1v) is 13.6. The smallest absolute Gasteiger partial charge is 0.257 e. The third-order valence-electron chi connectivity index (χ3n) is 7.63. The van der Waals surface area contributed by atoms with Gasteiger partial charge in [-0.05, 0) is 59.9 Å². The Hall–Kier alpha value is -4.78. The molecule has 206 valence electrons. The first kappa shape index (κ1) is 26.4. The van der Waals surface area contributed by atoms with Gasteiger partial charge in [0.25, 0.3) is 5.91 Å². The second kappa shape index (κ2) is 11.4. The van der Waals surface area contributed by atoms with Gasteiger partial charge in [0, 0.05) is 18.2 Å². The number of amides is 1. The average molecular weight is 550 g/mol. The summed E-state index contributed by atoms with van der Waals surface area (Å²) in [5.74, 6) is -0.525. The van der Waals surface area contributed by atoms with E-state index in [4.69, 9.17) is 9.72 Å². The van der Waals surface area contributed by atoms with Crippen molar-refractivity contribution in [2.24, 2.45) is 0 Å². The van der Waals surface area contributed by atoms with E-state index in [1.54, 1.807) is 18.2 Å². The summed E-state index contributed by atoms with van der Waals surface area (Å²) in [4.78, 5) is 20.2. The molecule has 0 bridgehead atoms. The number of aromatic nitrogens is 2. The van der Waals surface area contributed by atoms with Crippen LogP contribution in [0.2, 0.25) is 0 Å². The number of ether oxygens (including phenoxy) is 1. The summed E-state index contributed by atoms with van der Waals surface area (Å²) in [6.45, 7) is 0.350. The maximum absolute atomic E-state index is 14.8. The molecular formula is C34H29F2N3O2. The summed E-state index contributed by atoms with van der Waals surface area (Å²) in [6, 6.07) is 28.8. The lowest BCUT2D eigenvalue weighted by Gasteiger charge is -2.26. The van der Waals surface area contributed by atoms with E-state index in [0.29, 0.717) is 5.75 Å². The van der Waals surface area contributed by atoms with Crippen molar-refractivity contribution < 1.29 is 18.3 Å². The van der Waals surface area contributed by atoms with E-state index < -0.39 is 17.5 Å². The number of carbonyl (C=O) groups is 1. The van der Waals surface area contributed by atoms with Crippen molar-refractivity contribution in [1.82, 2.24) is 14.5 Å². The Kier molecular flexibility index (Phi) is 7.33. The van der Waals surface area contributed by atoms with Crippen LogP contribution in [0.1, 0.15) is 38.8 Å². The van der Waals surface area contributed by atoms with Crippen LogP contribution in [0.3, 0.4) is 0 Å². The van der Waals surface area contributed by atoms with Crippen molar-refractivity contribution in [1.29, 1.82) is 0 Å². The SMILES string of the molecule is COc1ccc(CN(Cc2cnc(-c3ccccc3)n2C2Cc3ccccc3C2)C(=O)c2cc(F)ccc2F)cc1. The van der Waals surface area contributed by atoms with Crippen molar-refractivity contribution in [3.63, 3.8) is 0 Å². The molecule has 1 aliphatic carbocycles. The third-order valence-corrected chi connectivity index (χ3v) is 7.63. The summed E-state index contributed by atoms with van der Waals surface area (Å²) in [5, 5.41) is 0. The number of hydrogen-bond acceptors (Lipinski definition) is 3. The van der Waals surface area contributed by atoms with E-state index in [-0.39, 0.29) is 24.7 Å². The molecule has 0 radical (unpaired) electrons. The first-order valence-electron chi connectivity index (χ1n) is 13.6. The largest absolute Gasteiger partial charge is 0.497 e. The number of fused-ring (bicyclic) bond motifs is 1. The molecule has 6 rings (SSSR count). The molecule has 0 saturated carbocycles. The van der Waals surface area contributed by atoms with Crippen LogP contribution in [0.15, 0.2) is 103 Å². The number of halogens is 2. The molecular weight excluding hydrogens is 520 g/mol. The topological polar surface area (TPSA) is 47.4 Å². The first-order chi connectivity index (χ1) is 20.0. The summed E-state index contributed by atoms with van der Waals surface area (Å²) in [7, 11) is 1.59. The number of benzene rings is 4. The third kappa shape index (κ3) is 5.48. The van der Waals surface area contributed by atoms with Crippen LogP contribution in [0.5, 0.6) is 5.75 Å². The van der Waals surface area contributed by atoms with Gasteiger partial charge in [-0.25, -0.2) is 13.8 Å². The molecule has 1 aliphatic rings. The molecule has 7 heteroatoms.